The van der Waals surface area contributed by atoms with Crippen molar-refractivity contribution in [1.29, 1.82) is 0 Å². The van der Waals surface area contributed by atoms with Crippen LogP contribution in [0.2, 0.25) is 10.0 Å². The number of nitrogens with zero attached hydrogens (tertiary/aromatic N) is 2. The number of rotatable bonds is 4. The highest BCUT2D eigenvalue weighted by Gasteiger charge is 2.26. The quantitative estimate of drug-likeness (QED) is 0.869. The van der Waals surface area contributed by atoms with Crippen LogP contribution in [0.1, 0.15) is 6.92 Å². The molecule has 1 N–H and O–H groups in total. The van der Waals surface area contributed by atoms with Crippen molar-refractivity contribution in [3.8, 4) is 0 Å². The van der Waals surface area contributed by atoms with Crippen LogP contribution in [0, 0.1) is 0 Å². The fourth-order valence-electron chi connectivity index (χ4n) is 3.01. The van der Waals surface area contributed by atoms with Crippen LogP contribution >= 0.6 is 23.2 Å². The molecule has 4 nitrogen and oxygen atoms in total. The summed E-state index contributed by atoms with van der Waals surface area (Å²) < 4.78 is 0. The standard InChI is InChI=1S/C19H21Cl2N3O/c1-14(19(25)22-18-8-3-2-7-17(18)21)23-9-11-24(12-10-23)16-6-4-5-15(20)13-16/h2-8,13-14H,9-12H2,1H3,(H,22,25)/t14-/m0/s1. The van der Waals surface area contributed by atoms with E-state index in [-0.39, 0.29) is 11.9 Å². The number of piperazine rings is 1. The van der Waals surface area contributed by atoms with Crippen molar-refractivity contribution in [2.75, 3.05) is 36.4 Å². The van der Waals surface area contributed by atoms with Gasteiger partial charge in [-0.15, -0.1) is 0 Å². The third-order valence-electron chi connectivity index (χ3n) is 4.55. The van der Waals surface area contributed by atoms with Crippen molar-refractivity contribution >= 4 is 40.5 Å². The van der Waals surface area contributed by atoms with Gasteiger partial charge in [-0.3, -0.25) is 9.69 Å². The number of amides is 1. The van der Waals surface area contributed by atoms with Gasteiger partial charge in [0.15, 0.2) is 0 Å². The van der Waals surface area contributed by atoms with Crippen LogP contribution in [-0.4, -0.2) is 43.0 Å². The summed E-state index contributed by atoms with van der Waals surface area (Å²) in [6, 6.07) is 15.0. The Balaban J connectivity index is 1.57. The van der Waals surface area contributed by atoms with E-state index in [0.29, 0.717) is 10.7 Å². The molecule has 0 saturated carbocycles. The first-order valence-electron chi connectivity index (χ1n) is 8.34. The topological polar surface area (TPSA) is 35.6 Å². The predicted octanol–water partition coefficient (Wildman–Crippen LogP) is 4.14. The zero-order valence-electron chi connectivity index (χ0n) is 14.1. The minimum absolute atomic E-state index is 0.0377. The van der Waals surface area contributed by atoms with Crippen LogP contribution in [0.4, 0.5) is 11.4 Å². The molecule has 1 aliphatic rings. The number of para-hydroxylation sites is 1. The maximum absolute atomic E-state index is 12.5. The zero-order chi connectivity index (χ0) is 17.8. The molecule has 1 fully saturated rings. The zero-order valence-corrected chi connectivity index (χ0v) is 15.6. The number of hydrogen-bond donors (Lipinski definition) is 1. The lowest BCUT2D eigenvalue weighted by Gasteiger charge is -2.38. The summed E-state index contributed by atoms with van der Waals surface area (Å²) in [6.07, 6.45) is 0. The molecule has 0 radical (unpaired) electrons. The van der Waals surface area contributed by atoms with Gasteiger partial charge < -0.3 is 10.2 Å². The average Bonchev–Trinajstić information content (AvgIpc) is 2.63. The average molecular weight is 378 g/mol. The first-order valence-corrected chi connectivity index (χ1v) is 9.10. The van der Waals surface area contributed by atoms with Crippen LogP contribution in [0.15, 0.2) is 48.5 Å². The Morgan fingerprint density at radius 3 is 2.44 bits per heavy atom. The molecular formula is C19H21Cl2N3O. The van der Waals surface area contributed by atoms with Crippen molar-refractivity contribution in [2.45, 2.75) is 13.0 Å². The number of halogens is 2. The Bertz CT molecular complexity index is 745. The molecule has 6 heteroatoms. The van der Waals surface area contributed by atoms with Crippen molar-refractivity contribution in [3.63, 3.8) is 0 Å². The van der Waals surface area contributed by atoms with Crippen LogP contribution in [0.3, 0.4) is 0 Å². The molecule has 2 aromatic carbocycles. The maximum Gasteiger partial charge on any atom is 0.241 e. The number of nitrogens with one attached hydrogen (secondary N) is 1. The van der Waals surface area contributed by atoms with E-state index < -0.39 is 0 Å². The molecule has 1 heterocycles. The molecule has 0 aromatic heterocycles. The fourth-order valence-corrected chi connectivity index (χ4v) is 3.37. The Morgan fingerprint density at radius 2 is 1.76 bits per heavy atom. The minimum Gasteiger partial charge on any atom is -0.369 e. The molecule has 2 aromatic rings. The molecule has 1 aliphatic heterocycles. The van der Waals surface area contributed by atoms with E-state index >= 15 is 0 Å². The highest BCUT2D eigenvalue weighted by Crippen LogP contribution is 2.23. The van der Waals surface area contributed by atoms with E-state index in [0.717, 1.165) is 36.9 Å². The summed E-state index contributed by atoms with van der Waals surface area (Å²) >= 11 is 12.2. The van der Waals surface area contributed by atoms with Gasteiger partial charge >= 0.3 is 0 Å². The van der Waals surface area contributed by atoms with Gasteiger partial charge in [0.2, 0.25) is 5.91 Å². The molecule has 3 rings (SSSR count). The van der Waals surface area contributed by atoms with Crippen LogP contribution < -0.4 is 10.2 Å². The second-order valence-corrected chi connectivity index (χ2v) is 6.99. The van der Waals surface area contributed by atoms with Crippen molar-refractivity contribution in [2.24, 2.45) is 0 Å². The number of anilines is 2. The molecule has 1 atom stereocenters. The van der Waals surface area contributed by atoms with E-state index in [9.17, 15) is 4.79 Å². The maximum atomic E-state index is 12.5. The summed E-state index contributed by atoms with van der Waals surface area (Å²) in [6.45, 7) is 5.31. The monoisotopic (exact) mass is 377 g/mol. The summed E-state index contributed by atoms with van der Waals surface area (Å²) in [4.78, 5) is 17.0. The van der Waals surface area contributed by atoms with Gasteiger partial charge in [-0.2, -0.15) is 0 Å². The Hall–Kier alpha value is -1.75. The fraction of sp³-hybridized carbons (Fsp3) is 0.316. The molecular weight excluding hydrogens is 357 g/mol. The van der Waals surface area contributed by atoms with Gasteiger partial charge in [-0.25, -0.2) is 0 Å². The van der Waals surface area contributed by atoms with Gasteiger partial charge in [0.05, 0.1) is 16.8 Å². The Morgan fingerprint density at radius 1 is 1.04 bits per heavy atom. The molecule has 0 aliphatic carbocycles. The number of benzene rings is 2. The van der Waals surface area contributed by atoms with Gasteiger partial charge in [-0.1, -0.05) is 41.4 Å². The van der Waals surface area contributed by atoms with Crippen LogP contribution in [0.25, 0.3) is 0 Å². The van der Waals surface area contributed by atoms with Crippen molar-refractivity contribution in [3.05, 3.63) is 58.6 Å². The van der Waals surface area contributed by atoms with Gasteiger partial charge in [0.1, 0.15) is 0 Å². The molecule has 0 bridgehead atoms. The Kier molecular flexibility index (Phi) is 5.84. The van der Waals surface area contributed by atoms with E-state index in [1.54, 1.807) is 6.07 Å². The normalized spacial score (nSPS) is 16.5. The lowest BCUT2D eigenvalue weighted by atomic mass is 10.2. The first-order chi connectivity index (χ1) is 12.0. The van der Waals surface area contributed by atoms with Crippen LogP contribution in [0.5, 0.6) is 0 Å². The third kappa shape index (κ3) is 4.46. The smallest absolute Gasteiger partial charge is 0.241 e. The molecule has 1 amide bonds. The van der Waals surface area contributed by atoms with Gasteiger partial charge in [0, 0.05) is 36.9 Å². The van der Waals surface area contributed by atoms with E-state index in [2.05, 4.69) is 21.2 Å². The summed E-state index contributed by atoms with van der Waals surface area (Å²) in [7, 11) is 0. The van der Waals surface area contributed by atoms with Gasteiger partial charge in [0.25, 0.3) is 0 Å². The first kappa shape index (κ1) is 18.1. The van der Waals surface area contributed by atoms with E-state index in [4.69, 9.17) is 23.2 Å². The highest BCUT2D eigenvalue weighted by atomic mass is 35.5. The molecule has 0 spiro atoms. The predicted molar refractivity (Wildman–Crippen MR) is 105 cm³/mol. The molecule has 132 valence electrons. The molecule has 1 saturated heterocycles. The van der Waals surface area contributed by atoms with E-state index in [1.165, 1.54) is 0 Å². The lowest BCUT2D eigenvalue weighted by Crippen LogP contribution is -2.52. The second-order valence-electron chi connectivity index (χ2n) is 6.15. The highest BCUT2D eigenvalue weighted by molar-refractivity contribution is 6.33. The molecule has 0 unspecified atom stereocenters. The summed E-state index contributed by atoms with van der Waals surface area (Å²) in [5.41, 5.74) is 1.78. The Labute approximate surface area is 158 Å². The van der Waals surface area contributed by atoms with Crippen molar-refractivity contribution < 1.29 is 4.79 Å². The third-order valence-corrected chi connectivity index (χ3v) is 5.11. The van der Waals surface area contributed by atoms with Crippen molar-refractivity contribution in [1.82, 2.24) is 4.90 Å². The van der Waals surface area contributed by atoms with Crippen LogP contribution in [-0.2, 0) is 4.79 Å². The minimum atomic E-state index is -0.210. The summed E-state index contributed by atoms with van der Waals surface area (Å²) in [5, 5.41) is 4.21. The largest absolute Gasteiger partial charge is 0.369 e. The lowest BCUT2D eigenvalue weighted by molar-refractivity contribution is -0.120. The number of hydrogen-bond acceptors (Lipinski definition) is 3. The van der Waals surface area contributed by atoms with Gasteiger partial charge in [-0.05, 0) is 37.3 Å². The second kappa shape index (κ2) is 8.09. The number of carbonyl (C=O) groups is 1. The SMILES string of the molecule is C[C@@H](C(=O)Nc1ccccc1Cl)N1CCN(c2cccc(Cl)c2)CC1. The summed E-state index contributed by atoms with van der Waals surface area (Å²) in [5.74, 6) is -0.0377. The van der Waals surface area contributed by atoms with E-state index in [1.807, 2.05) is 43.3 Å². The number of carbonyl (C=O) groups excluding carboxylic acids is 1. The molecule has 25 heavy (non-hydrogen) atoms.